The van der Waals surface area contributed by atoms with E-state index in [1.165, 1.54) is 27.8 Å². The van der Waals surface area contributed by atoms with Crippen molar-refractivity contribution in [3.63, 3.8) is 0 Å². The molecule has 3 aromatic rings. The Kier molecular flexibility index (Phi) is 2.67. The first kappa shape index (κ1) is 11.1. The van der Waals surface area contributed by atoms with E-state index in [9.17, 15) is 0 Å². The fourth-order valence-electron chi connectivity index (χ4n) is 2.27. The quantitative estimate of drug-likeness (QED) is 0.617. The van der Waals surface area contributed by atoms with E-state index < -0.39 is 0 Å². The van der Waals surface area contributed by atoms with Gasteiger partial charge in [0, 0.05) is 23.5 Å². The van der Waals surface area contributed by atoms with Gasteiger partial charge in [-0.05, 0) is 36.6 Å². The van der Waals surface area contributed by atoms with Crippen LogP contribution in [0.5, 0.6) is 0 Å². The lowest BCUT2D eigenvalue weighted by Gasteiger charge is -1.98. The number of nitrogens with zero attached hydrogens (tertiary/aromatic N) is 1. The topological polar surface area (TPSA) is 4.41 Å². The molecule has 3 rings (SSSR count). The lowest BCUT2D eigenvalue weighted by Crippen LogP contribution is -1.85. The highest BCUT2D eigenvalue weighted by molar-refractivity contribution is 5.70. The molecule has 1 aromatic carbocycles. The van der Waals surface area contributed by atoms with Crippen LogP contribution in [-0.4, -0.2) is 4.40 Å². The van der Waals surface area contributed by atoms with E-state index in [0.29, 0.717) is 0 Å². The van der Waals surface area contributed by atoms with Crippen molar-refractivity contribution in [2.75, 3.05) is 0 Å². The van der Waals surface area contributed by atoms with Crippen LogP contribution in [0.15, 0.2) is 54.9 Å². The Morgan fingerprint density at radius 2 is 1.67 bits per heavy atom. The largest absolute Gasteiger partial charge is 0.323 e. The molecule has 0 aliphatic heterocycles. The highest BCUT2D eigenvalue weighted by Crippen LogP contribution is 2.23. The summed E-state index contributed by atoms with van der Waals surface area (Å²) in [6.07, 6.45) is 5.50. The van der Waals surface area contributed by atoms with Gasteiger partial charge in [-0.25, -0.2) is 0 Å². The van der Waals surface area contributed by atoms with Crippen LogP contribution in [0.3, 0.4) is 0 Å². The second-order valence-corrected chi connectivity index (χ2v) is 4.82. The lowest BCUT2D eigenvalue weighted by molar-refractivity contribution is 1.07. The Morgan fingerprint density at radius 3 is 2.39 bits per heavy atom. The Bertz CT molecular complexity index is 674. The van der Waals surface area contributed by atoms with Gasteiger partial charge in [-0.2, -0.15) is 0 Å². The molecular formula is C17H17N. The number of hydrogen-bond donors (Lipinski definition) is 0. The van der Waals surface area contributed by atoms with Gasteiger partial charge < -0.3 is 4.40 Å². The molecule has 0 fully saturated rings. The van der Waals surface area contributed by atoms with E-state index in [1.807, 2.05) is 0 Å². The van der Waals surface area contributed by atoms with Gasteiger partial charge in [0.1, 0.15) is 0 Å². The maximum atomic E-state index is 2.24. The summed E-state index contributed by atoms with van der Waals surface area (Å²) in [4.78, 5) is 0. The molecule has 0 spiro atoms. The summed E-state index contributed by atoms with van der Waals surface area (Å²) in [6.45, 7) is 4.30. The van der Waals surface area contributed by atoms with Gasteiger partial charge in [0.15, 0.2) is 0 Å². The van der Waals surface area contributed by atoms with Crippen LogP contribution >= 0.6 is 0 Å². The average Bonchev–Trinajstić information content (AvgIpc) is 2.82. The number of benzene rings is 1. The maximum Gasteiger partial charge on any atom is 0.0456 e. The van der Waals surface area contributed by atoms with Crippen LogP contribution in [0.1, 0.15) is 18.1 Å². The molecule has 1 heteroatoms. The zero-order valence-corrected chi connectivity index (χ0v) is 10.9. The van der Waals surface area contributed by atoms with E-state index in [-0.39, 0.29) is 0 Å². The molecule has 0 aliphatic carbocycles. The van der Waals surface area contributed by atoms with Crippen molar-refractivity contribution in [3.8, 4) is 11.1 Å². The van der Waals surface area contributed by atoms with Crippen molar-refractivity contribution in [2.45, 2.75) is 20.3 Å². The van der Waals surface area contributed by atoms with Gasteiger partial charge in [-0.1, -0.05) is 42.8 Å². The predicted octanol–water partition coefficient (Wildman–Crippen LogP) is 4.48. The molecule has 2 aromatic heterocycles. The minimum atomic E-state index is 1.08. The standard InChI is InChI=1S/C17H17N/c1-3-14-6-9-17-10-16(12-18(17)11-14)15-7-4-13(2)5-8-15/h4-12H,3H2,1-2H3. The Morgan fingerprint density at radius 1 is 0.889 bits per heavy atom. The Hall–Kier alpha value is -2.02. The number of aryl methyl sites for hydroxylation is 2. The van der Waals surface area contributed by atoms with Gasteiger partial charge >= 0.3 is 0 Å². The van der Waals surface area contributed by atoms with Crippen LogP contribution in [0.2, 0.25) is 0 Å². The molecule has 0 N–H and O–H groups in total. The van der Waals surface area contributed by atoms with E-state index in [2.05, 4.69) is 73.1 Å². The monoisotopic (exact) mass is 235 g/mol. The van der Waals surface area contributed by atoms with Crippen molar-refractivity contribution in [2.24, 2.45) is 0 Å². The van der Waals surface area contributed by atoms with E-state index in [1.54, 1.807) is 0 Å². The third-order valence-corrected chi connectivity index (χ3v) is 3.45. The van der Waals surface area contributed by atoms with Crippen molar-refractivity contribution < 1.29 is 0 Å². The molecule has 90 valence electrons. The zero-order chi connectivity index (χ0) is 12.5. The molecule has 0 saturated carbocycles. The van der Waals surface area contributed by atoms with Crippen LogP contribution in [0, 0.1) is 6.92 Å². The number of fused-ring (bicyclic) bond motifs is 1. The van der Waals surface area contributed by atoms with Crippen molar-refractivity contribution >= 4 is 5.52 Å². The third-order valence-electron chi connectivity index (χ3n) is 3.45. The van der Waals surface area contributed by atoms with Crippen LogP contribution in [0.25, 0.3) is 16.6 Å². The summed E-state index contributed by atoms with van der Waals surface area (Å²) in [5, 5.41) is 0. The van der Waals surface area contributed by atoms with Crippen molar-refractivity contribution in [3.05, 3.63) is 66.0 Å². The molecule has 0 radical (unpaired) electrons. The van der Waals surface area contributed by atoms with Crippen molar-refractivity contribution in [1.29, 1.82) is 0 Å². The first-order valence-electron chi connectivity index (χ1n) is 6.44. The zero-order valence-electron chi connectivity index (χ0n) is 10.9. The summed E-state index contributed by atoms with van der Waals surface area (Å²) in [6, 6.07) is 15.3. The summed E-state index contributed by atoms with van der Waals surface area (Å²) in [7, 11) is 0. The Balaban J connectivity index is 2.10. The third kappa shape index (κ3) is 1.92. The van der Waals surface area contributed by atoms with Crippen LogP contribution in [0.4, 0.5) is 0 Å². The highest BCUT2D eigenvalue weighted by Gasteiger charge is 2.02. The maximum absolute atomic E-state index is 2.24. The molecule has 0 aliphatic rings. The average molecular weight is 235 g/mol. The normalized spacial score (nSPS) is 11.0. The number of rotatable bonds is 2. The molecule has 0 amide bonds. The van der Waals surface area contributed by atoms with Gasteiger partial charge in [-0.15, -0.1) is 0 Å². The minimum Gasteiger partial charge on any atom is -0.323 e. The minimum absolute atomic E-state index is 1.08. The number of pyridine rings is 1. The molecule has 0 atom stereocenters. The van der Waals surface area contributed by atoms with Gasteiger partial charge in [0.25, 0.3) is 0 Å². The Labute approximate surface area is 108 Å². The highest BCUT2D eigenvalue weighted by atomic mass is 14.9. The molecular weight excluding hydrogens is 218 g/mol. The number of aromatic nitrogens is 1. The fourth-order valence-corrected chi connectivity index (χ4v) is 2.27. The van der Waals surface area contributed by atoms with Gasteiger partial charge in [-0.3, -0.25) is 0 Å². The van der Waals surface area contributed by atoms with Gasteiger partial charge in [0.05, 0.1) is 0 Å². The van der Waals surface area contributed by atoms with E-state index >= 15 is 0 Å². The smallest absolute Gasteiger partial charge is 0.0456 e. The van der Waals surface area contributed by atoms with Crippen LogP contribution in [-0.2, 0) is 6.42 Å². The molecule has 2 heterocycles. The molecule has 1 nitrogen and oxygen atoms in total. The first-order chi connectivity index (χ1) is 8.76. The van der Waals surface area contributed by atoms with Crippen LogP contribution < -0.4 is 0 Å². The summed E-state index contributed by atoms with van der Waals surface area (Å²) < 4.78 is 2.22. The first-order valence-corrected chi connectivity index (χ1v) is 6.44. The summed E-state index contributed by atoms with van der Waals surface area (Å²) >= 11 is 0. The van der Waals surface area contributed by atoms with Crippen molar-refractivity contribution in [1.82, 2.24) is 4.40 Å². The molecule has 0 bridgehead atoms. The molecule has 0 unspecified atom stereocenters. The lowest BCUT2D eigenvalue weighted by atomic mass is 10.1. The number of hydrogen-bond acceptors (Lipinski definition) is 0. The molecule has 0 saturated heterocycles. The van der Waals surface area contributed by atoms with E-state index in [4.69, 9.17) is 0 Å². The second kappa shape index (κ2) is 4.34. The SMILES string of the molecule is CCc1ccc2cc(-c3ccc(C)cc3)cn2c1. The summed E-state index contributed by atoms with van der Waals surface area (Å²) in [5.41, 5.74) is 6.48. The predicted molar refractivity (Wildman–Crippen MR) is 76.9 cm³/mol. The van der Waals surface area contributed by atoms with E-state index in [0.717, 1.165) is 6.42 Å². The van der Waals surface area contributed by atoms with Gasteiger partial charge in [0.2, 0.25) is 0 Å². The summed E-state index contributed by atoms with van der Waals surface area (Å²) in [5.74, 6) is 0. The second-order valence-electron chi connectivity index (χ2n) is 4.82. The molecule has 18 heavy (non-hydrogen) atoms. The fraction of sp³-hybridized carbons (Fsp3) is 0.176.